The molecule has 1 unspecified atom stereocenters. The molecule has 1 amide bonds. The van der Waals surface area contributed by atoms with Crippen LogP contribution < -0.4 is 11.1 Å². The lowest BCUT2D eigenvalue weighted by Gasteiger charge is -2.09. The number of hydrogen-bond acceptors (Lipinski definition) is 3. The third kappa shape index (κ3) is 3.64. The van der Waals surface area contributed by atoms with Crippen LogP contribution in [0.5, 0.6) is 0 Å². The van der Waals surface area contributed by atoms with Gasteiger partial charge in [-0.2, -0.15) is 0 Å². The van der Waals surface area contributed by atoms with E-state index in [2.05, 4.69) is 5.32 Å². The molecule has 1 rings (SSSR count). The lowest BCUT2D eigenvalue weighted by atomic mass is 10.1. The summed E-state index contributed by atoms with van der Waals surface area (Å²) in [6.45, 7) is 3.82. The van der Waals surface area contributed by atoms with Gasteiger partial charge in [0.1, 0.15) is 0 Å². The molecule has 0 aliphatic heterocycles. The van der Waals surface area contributed by atoms with Gasteiger partial charge in [-0.1, -0.05) is 24.3 Å². The Hall–Kier alpha value is -1.39. The van der Waals surface area contributed by atoms with E-state index >= 15 is 0 Å². The minimum atomic E-state index is -0.489. The van der Waals surface area contributed by atoms with Crippen molar-refractivity contribution >= 4 is 5.91 Å². The SMILES string of the molecule is CC(O)c1ccc(CNC(=O)[C@@H](C)N)cc1. The number of benzene rings is 1. The van der Waals surface area contributed by atoms with Gasteiger partial charge in [-0.15, -0.1) is 0 Å². The van der Waals surface area contributed by atoms with Gasteiger partial charge >= 0.3 is 0 Å². The zero-order valence-corrected chi connectivity index (χ0v) is 9.60. The fourth-order valence-corrected chi connectivity index (χ4v) is 1.26. The molecule has 0 saturated carbocycles. The second-order valence-corrected chi connectivity index (χ2v) is 3.92. The van der Waals surface area contributed by atoms with Gasteiger partial charge in [0.25, 0.3) is 0 Å². The minimum Gasteiger partial charge on any atom is -0.389 e. The van der Waals surface area contributed by atoms with Crippen molar-refractivity contribution in [1.29, 1.82) is 0 Å². The van der Waals surface area contributed by atoms with Crippen LogP contribution >= 0.6 is 0 Å². The standard InChI is InChI=1S/C12H18N2O2/c1-8(13)12(16)14-7-10-3-5-11(6-4-10)9(2)15/h3-6,8-9,15H,7,13H2,1-2H3,(H,14,16)/t8-,9?/m1/s1. The van der Waals surface area contributed by atoms with Crippen molar-refractivity contribution in [2.24, 2.45) is 5.73 Å². The summed E-state index contributed by atoms with van der Waals surface area (Å²) >= 11 is 0. The topological polar surface area (TPSA) is 75.3 Å². The molecule has 0 aromatic heterocycles. The number of nitrogens with two attached hydrogens (primary N) is 1. The highest BCUT2D eigenvalue weighted by atomic mass is 16.3. The van der Waals surface area contributed by atoms with E-state index in [1.54, 1.807) is 13.8 Å². The summed E-state index contributed by atoms with van der Waals surface area (Å²) < 4.78 is 0. The molecular formula is C12H18N2O2. The van der Waals surface area contributed by atoms with Crippen LogP contribution in [-0.2, 0) is 11.3 Å². The summed E-state index contributed by atoms with van der Waals surface area (Å²) in [4.78, 5) is 11.2. The fraction of sp³-hybridized carbons (Fsp3) is 0.417. The summed E-state index contributed by atoms with van der Waals surface area (Å²) in [5, 5.41) is 12.0. The molecule has 0 saturated heterocycles. The third-order valence-electron chi connectivity index (χ3n) is 2.34. The third-order valence-corrected chi connectivity index (χ3v) is 2.34. The smallest absolute Gasteiger partial charge is 0.236 e. The molecule has 1 aromatic rings. The molecule has 2 atom stereocenters. The van der Waals surface area contributed by atoms with Gasteiger partial charge in [0.05, 0.1) is 12.1 Å². The highest BCUT2D eigenvalue weighted by Gasteiger charge is 2.06. The molecule has 4 nitrogen and oxygen atoms in total. The summed E-state index contributed by atoms with van der Waals surface area (Å²) in [5.41, 5.74) is 7.27. The van der Waals surface area contributed by atoms with Crippen molar-refractivity contribution < 1.29 is 9.90 Å². The highest BCUT2D eigenvalue weighted by Crippen LogP contribution is 2.12. The van der Waals surface area contributed by atoms with Crippen LogP contribution in [0.4, 0.5) is 0 Å². The molecule has 0 bridgehead atoms. The van der Waals surface area contributed by atoms with Gasteiger partial charge in [-0.3, -0.25) is 4.79 Å². The highest BCUT2D eigenvalue weighted by molar-refractivity contribution is 5.80. The van der Waals surface area contributed by atoms with Gasteiger partial charge in [0.2, 0.25) is 5.91 Å². The maximum absolute atomic E-state index is 11.2. The van der Waals surface area contributed by atoms with E-state index in [1.165, 1.54) is 0 Å². The van der Waals surface area contributed by atoms with E-state index in [-0.39, 0.29) is 5.91 Å². The summed E-state index contributed by atoms with van der Waals surface area (Å²) in [6, 6.07) is 6.96. The number of carbonyl (C=O) groups is 1. The molecule has 16 heavy (non-hydrogen) atoms. The van der Waals surface area contributed by atoms with Crippen LogP contribution in [0, 0.1) is 0 Å². The Kier molecular flexibility index (Phi) is 4.46. The van der Waals surface area contributed by atoms with E-state index in [0.717, 1.165) is 11.1 Å². The second kappa shape index (κ2) is 5.63. The molecule has 0 aliphatic carbocycles. The van der Waals surface area contributed by atoms with Crippen molar-refractivity contribution in [2.45, 2.75) is 32.5 Å². The number of nitrogens with one attached hydrogen (secondary N) is 1. The Morgan fingerprint density at radius 1 is 1.38 bits per heavy atom. The van der Waals surface area contributed by atoms with Gasteiger partial charge in [0.15, 0.2) is 0 Å². The van der Waals surface area contributed by atoms with Crippen LogP contribution in [0.25, 0.3) is 0 Å². The molecule has 0 radical (unpaired) electrons. The van der Waals surface area contributed by atoms with Crippen molar-refractivity contribution in [3.8, 4) is 0 Å². The first-order chi connectivity index (χ1) is 7.50. The van der Waals surface area contributed by atoms with Crippen LogP contribution in [0.1, 0.15) is 31.1 Å². The largest absolute Gasteiger partial charge is 0.389 e. The van der Waals surface area contributed by atoms with Crippen LogP contribution in [0.15, 0.2) is 24.3 Å². The molecule has 0 spiro atoms. The van der Waals surface area contributed by atoms with E-state index in [1.807, 2.05) is 24.3 Å². The fourth-order valence-electron chi connectivity index (χ4n) is 1.26. The van der Waals surface area contributed by atoms with Gasteiger partial charge in [-0.25, -0.2) is 0 Å². The number of hydrogen-bond donors (Lipinski definition) is 3. The maximum Gasteiger partial charge on any atom is 0.236 e. The second-order valence-electron chi connectivity index (χ2n) is 3.92. The zero-order valence-electron chi connectivity index (χ0n) is 9.60. The Bertz CT molecular complexity index is 345. The van der Waals surface area contributed by atoms with Crippen molar-refractivity contribution in [3.05, 3.63) is 35.4 Å². The van der Waals surface area contributed by atoms with Crippen LogP contribution in [0.2, 0.25) is 0 Å². The quantitative estimate of drug-likeness (QED) is 0.702. The number of aliphatic hydroxyl groups excluding tert-OH is 1. The normalized spacial score (nSPS) is 14.2. The molecule has 88 valence electrons. The Labute approximate surface area is 95.5 Å². The molecule has 4 N–H and O–H groups in total. The van der Waals surface area contributed by atoms with Crippen molar-refractivity contribution in [2.75, 3.05) is 0 Å². The zero-order chi connectivity index (χ0) is 12.1. The van der Waals surface area contributed by atoms with E-state index in [4.69, 9.17) is 5.73 Å². The average molecular weight is 222 g/mol. The average Bonchev–Trinajstić information content (AvgIpc) is 2.26. The Balaban J connectivity index is 2.53. The monoisotopic (exact) mass is 222 g/mol. The maximum atomic E-state index is 11.2. The summed E-state index contributed by atoms with van der Waals surface area (Å²) in [7, 11) is 0. The van der Waals surface area contributed by atoms with Gasteiger partial charge in [0, 0.05) is 6.54 Å². The van der Waals surface area contributed by atoms with Crippen molar-refractivity contribution in [1.82, 2.24) is 5.32 Å². The first-order valence-electron chi connectivity index (χ1n) is 5.31. The summed E-state index contributed by atoms with van der Waals surface area (Å²) in [5.74, 6) is -0.167. The van der Waals surface area contributed by atoms with Crippen molar-refractivity contribution in [3.63, 3.8) is 0 Å². The lowest BCUT2D eigenvalue weighted by molar-refractivity contribution is -0.122. The van der Waals surface area contributed by atoms with Crippen LogP contribution in [0.3, 0.4) is 0 Å². The number of amides is 1. The number of aliphatic hydroxyl groups is 1. The molecule has 0 fully saturated rings. The number of carbonyl (C=O) groups excluding carboxylic acids is 1. The first kappa shape index (κ1) is 12.7. The predicted octanol–water partition coefficient (Wildman–Crippen LogP) is 0.703. The van der Waals surface area contributed by atoms with E-state index in [9.17, 15) is 9.90 Å². The van der Waals surface area contributed by atoms with Crippen LogP contribution in [-0.4, -0.2) is 17.1 Å². The molecule has 1 aromatic carbocycles. The predicted molar refractivity (Wildman–Crippen MR) is 62.6 cm³/mol. The molecule has 0 heterocycles. The Morgan fingerprint density at radius 2 is 1.94 bits per heavy atom. The first-order valence-corrected chi connectivity index (χ1v) is 5.31. The Morgan fingerprint density at radius 3 is 2.38 bits per heavy atom. The van der Waals surface area contributed by atoms with Gasteiger partial charge in [-0.05, 0) is 25.0 Å². The molecular weight excluding hydrogens is 204 g/mol. The van der Waals surface area contributed by atoms with E-state index in [0.29, 0.717) is 6.54 Å². The minimum absolute atomic E-state index is 0.167. The lowest BCUT2D eigenvalue weighted by Crippen LogP contribution is -2.37. The number of rotatable bonds is 4. The molecule has 4 heteroatoms. The van der Waals surface area contributed by atoms with Gasteiger partial charge < -0.3 is 16.2 Å². The molecule has 0 aliphatic rings. The van der Waals surface area contributed by atoms with E-state index < -0.39 is 12.1 Å². The summed E-state index contributed by atoms with van der Waals surface area (Å²) in [6.07, 6.45) is -0.465.